The summed E-state index contributed by atoms with van der Waals surface area (Å²) >= 11 is 0. The number of hydrogen-bond acceptors (Lipinski definition) is 3. The van der Waals surface area contributed by atoms with Crippen molar-refractivity contribution in [3.05, 3.63) is 0 Å². The molecule has 1 saturated carbocycles. The van der Waals surface area contributed by atoms with Crippen LogP contribution in [0.5, 0.6) is 0 Å². The molecule has 0 amide bonds. The van der Waals surface area contributed by atoms with Gasteiger partial charge in [0.2, 0.25) is 10.0 Å². The second-order valence-corrected chi connectivity index (χ2v) is 6.35. The minimum absolute atomic E-state index is 0.152. The molecule has 13 heavy (non-hydrogen) atoms. The molecule has 0 aromatic rings. The lowest BCUT2D eigenvalue weighted by molar-refractivity contribution is 0.105. The summed E-state index contributed by atoms with van der Waals surface area (Å²) in [4.78, 5) is 0. The number of sulfonamides is 1. The van der Waals surface area contributed by atoms with Crippen LogP contribution in [0.15, 0.2) is 0 Å². The van der Waals surface area contributed by atoms with Gasteiger partial charge in [-0.15, -0.1) is 0 Å². The van der Waals surface area contributed by atoms with E-state index < -0.39 is 10.0 Å². The highest BCUT2D eigenvalue weighted by Gasteiger charge is 2.46. The second kappa shape index (κ2) is 2.93. The van der Waals surface area contributed by atoms with Gasteiger partial charge in [0.25, 0.3) is 0 Å². The molecule has 0 bridgehead atoms. The third-order valence-electron chi connectivity index (χ3n) is 3.19. The summed E-state index contributed by atoms with van der Waals surface area (Å²) in [7, 11) is -1.40. The van der Waals surface area contributed by atoms with E-state index in [1.54, 1.807) is 7.05 Å². The standard InChI is InChI=1S/C8H15NO3S/c1-9-5-6-4-7(10)2-3-8(6)13(9,11)12/h6-8,10H,2-5H2,1H3. The molecule has 0 spiro atoms. The molecule has 0 aromatic carbocycles. The molecule has 3 unspecified atom stereocenters. The molecule has 0 aromatic heterocycles. The lowest BCUT2D eigenvalue weighted by Crippen LogP contribution is -2.33. The van der Waals surface area contributed by atoms with E-state index in [4.69, 9.17) is 0 Å². The lowest BCUT2D eigenvalue weighted by Gasteiger charge is -2.26. The zero-order chi connectivity index (χ0) is 9.64. The van der Waals surface area contributed by atoms with Gasteiger partial charge in [-0.1, -0.05) is 0 Å². The van der Waals surface area contributed by atoms with Crippen LogP contribution in [0.4, 0.5) is 0 Å². The molecule has 5 heteroatoms. The van der Waals surface area contributed by atoms with Gasteiger partial charge in [0.15, 0.2) is 0 Å². The highest BCUT2D eigenvalue weighted by Crippen LogP contribution is 2.36. The number of nitrogens with zero attached hydrogens (tertiary/aromatic N) is 1. The molecule has 2 rings (SSSR count). The molecule has 1 saturated heterocycles. The summed E-state index contributed by atoms with van der Waals surface area (Å²) in [6, 6.07) is 0. The van der Waals surface area contributed by atoms with Crippen molar-refractivity contribution >= 4 is 10.0 Å². The van der Waals surface area contributed by atoms with Crippen LogP contribution in [0.2, 0.25) is 0 Å². The predicted molar refractivity (Wildman–Crippen MR) is 48.7 cm³/mol. The smallest absolute Gasteiger partial charge is 0.217 e. The van der Waals surface area contributed by atoms with Crippen LogP contribution >= 0.6 is 0 Å². The van der Waals surface area contributed by atoms with Crippen LogP contribution in [-0.2, 0) is 10.0 Å². The minimum Gasteiger partial charge on any atom is -0.393 e. The molecule has 1 aliphatic heterocycles. The summed E-state index contributed by atoms with van der Waals surface area (Å²) in [5.41, 5.74) is 0. The predicted octanol–water partition coefficient (Wildman–Crippen LogP) is -0.209. The second-order valence-electron chi connectivity index (χ2n) is 4.09. The molecule has 1 aliphatic carbocycles. The Labute approximate surface area is 78.6 Å². The quantitative estimate of drug-likeness (QED) is 0.595. The Hall–Kier alpha value is -0.130. The van der Waals surface area contributed by atoms with Crippen molar-refractivity contribution in [2.75, 3.05) is 13.6 Å². The summed E-state index contributed by atoms with van der Waals surface area (Å²) in [5.74, 6) is 0.152. The Balaban J connectivity index is 2.24. The number of fused-ring (bicyclic) bond motifs is 1. The van der Waals surface area contributed by atoms with Crippen molar-refractivity contribution in [3.8, 4) is 0 Å². The Bertz CT molecular complexity index is 301. The topological polar surface area (TPSA) is 57.6 Å². The van der Waals surface area contributed by atoms with Crippen molar-refractivity contribution < 1.29 is 13.5 Å². The van der Waals surface area contributed by atoms with Gasteiger partial charge in [0.05, 0.1) is 11.4 Å². The van der Waals surface area contributed by atoms with Crippen LogP contribution in [0.3, 0.4) is 0 Å². The molecule has 1 heterocycles. The van der Waals surface area contributed by atoms with Crippen LogP contribution in [0.1, 0.15) is 19.3 Å². The van der Waals surface area contributed by atoms with Crippen molar-refractivity contribution in [2.24, 2.45) is 5.92 Å². The van der Waals surface area contributed by atoms with E-state index in [0.29, 0.717) is 25.8 Å². The molecule has 1 N–H and O–H groups in total. The molecular formula is C8H15NO3S. The van der Waals surface area contributed by atoms with Crippen LogP contribution < -0.4 is 0 Å². The van der Waals surface area contributed by atoms with Crippen molar-refractivity contribution in [1.29, 1.82) is 0 Å². The molecule has 2 aliphatic rings. The van der Waals surface area contributed by atoms with E-state index in [0.717, 1.165) is 0 Å². The first-order valence-electron chi connectivity index (χ1n) is 4.65. The zero-order valence-electron chi connectivity index (χ0n) is 7.68. The van der Waals surface area contributed by atoms with Crippen molar-refractivity contribution in [1.82, 2.24) is 4.31 Å². The molecule has 76 valence electrons. The van der Waals surface area contributed by atoms with Gasteiger partial charge in [0, 0.05) is 13.6 Å². The van der Waals surface area contributed by atoms with Crippen LogP contribution in [-0.4, -0.2) is 42.8 Å². The average Bonchev–Trinajstić information content (AvgIpc) is 2.23. The number of aliphatic hydroxyl groups excluding tert-OH is 1. The number of rotatable bonds is 0. The molecule has 4 nitrogen and oxygen atoms in total. The average molecular weight is 205 g/mol. The fourth-order valence-corrected chi connectivity index (χ4v) is 4.44. The largest absolute Gasteiger partial charge is 0.393 e. The van der Waals surface area contributed by atoms with Gasteiger partial charge < -0.3 is 5.11 Å². The first kappa shape index (κ1) is 9.43. The van der Waals surface area contributed by atoms with Crippen LogP contribution in [0, 0.1) is 5.92 Å². The highest BCUT2D eigenvalue weighted by molar-refractivity contribution is 7.90. The Morgan fingerprint density at radius 2 is 2.08 bits per heavy atom. The minimum atomic E-state index is -3.03. The molecule has 3 atom stereocenters. The van der Waals surface area contributed by atoms with E-state index in [2.05, 4.69) is 0 Å². The first-order valence-corrected chi connectivity index (χ1v) is 6.15. The van der Waals surface area contributed by atoms with Gasteiger partial charge in [-0.25, -0.2) is 12.7 Å². The third kappa shape index (κ3) is 1.39. The third-order valence-corrected chi connectivity index (χ3v) is 5.60. The lowest BCUT2D eigenvalue weighted by atomic mass is 9.87. The van der Waals surface area contributed by atoms with E-state index in [1.165, 1.54) is 4.31 Å². The normalized spacial score (nSPS) is 44.6. The highest BCUT2D eigenvalue weighted by atomic mass is 32.2. The summed E-state index contributed by atoms with van der Waals surface area (Å²) in [6.45, 7) is 0.587. The molecule has 0 radical (unpaired) electrons. The monoisotopic (exact) mass is 205 g/mol. The first-order chi connectivity index (χ1) is 6.01. The van der Waals surface area contributed by atoms with E-state index in [9.17, 15) is 13.5 Å². The van der Waals surface area contributed by atoms with Gasteiger partial charge in [-0.05, 0) is 25.2 Å². The van der Waals surface area contributed by atoms with Crippen molar-refractivity contribution in [3.63, 3.8) is 0 Å². The Kier molecular flexibility index (Phi) is 2.13. The Morgan fingerprint density at radius 3 is 2.77 bits per heavy atom. The van der Waals surface area contributed by atoms with Gasteiger partial charge in [-0.2, -0.15) is 0 Å². The summed E-state index contributed by atoms with van der Waals surface area (Å²) < 4.78 is 24.8. The van der Waals surface area contributed by atoms with Gasteiger partial charge in [-0.3, -0.25) is 0 Å². The molecular weight excluding hydrogens is 190 g/mol. The summed E-state index contributed by atoms with van der Waals surface area (Å²) in [6.07, 6.45) is 1.61. The van der Waals surface area contributed by atoms with Crippen molar-refractivity contribution in [2.45, 2.75) is 30.6 Å². The van der Waals surface area contributed by atoms with Crippen LogP contribution in [0.25, 0.3) is 0 Å². The Morgan fingerprint density at radius 1 is 1.38 bits per heavy atom. The fourth-order valence-electron chi connectivity index (χ4n) is 2.46. The summed E-state index contributed by atoms with van der Waals surface area (Å²) in [5, 5.41) is 9.18. The van der Waals surface area contributed by atoms with Gasteiger partial charge >= 0.3 is 0 Å². The van der Waals surface area contributed by atoms with E-state index in [-0.39, 0.29) is 17.3 Å². The van der Waals surface area contributed by atoms with E-state index >= 15 is 0 Å². The van der Waals surface area contributed by atoms with E-state index in [1.807, 2.05) is 0 Å². The maximum atomic E-state index is 11.7. The maximum Gasteiger partial charge on any atom is 0.217 e. The number of hydrogen-bond donors (Lipinski definition) is 1. The SMILES string of the molecule is CN1CC2CC(O)CCC2S1(=O)=O. The fraction of sp³-hybridized carbons (Fsp3) is 1.00. The number of aliphatic hydroxyl groups is 1. The maximum absolute atomic E-state index is 11.7. The molecule has 2 fully saturated rings. The zero-order valence-corrected chi connectivity index (χ0v) is 8.50. The van der Waals surface area contributed by atoms with Gasteiger partial charge in [0.1, 0.15) is 0 Å².